The molecule has 0 bridgehead atoms. The SMILES string of the molecule is Cc1ccc(NS(=O)(=O)N2CCC(C(=O)O)CC2)c(F)c1. The number of piperidine rings is 1. The van der Waals surface area contributed by atoms with Crippen LogP contribution in [0, 0.1) is 18.7 Å². The zero-order chi connectivity index (χ0) is 15.6. The number of nitrogens with one attached hydrogen (secondary N) is 1. The van der Waals surface area contributed by atoms with Crippen LogP contribution in [0.2, 0.25) is 0 Å². The molecule has 0 aromatic heterocycles. The molecule has 0 radical (unpaired) electrons. The lowest BCUT2D eigenvalue weighted by Gasteiger charge is -2.29. The van der Waals surface area contributed by atoms with E-state index in [1.807, 2.05) is 0 Å². The molecule has 1 aliphatic heterocycles. The maximum atomic E-state index is 13.7. The molecular formula is C13H17FN2O4S. The number of anilines is 1. The number of carbonyl (C=O) groups is 1. The molecule has 1 aliphatic rings. The monoisotopic (exact) mass is 316 g/mol. The van der Waals surface area contributed by atoms with Crippen molar-refractivity contribution in [1.82, 2.24) is 4.31 Å². The molecule has 116 valence electrons. The molecule has 1 fully saturated rings. The van der Waals surface area contributed by atoms with E-state index in [4.69, 9.17) is 5.11 Å². The van der Waals surface area contributed by atoms with E-state index in [1.165, 1.54) is 12.1 Å². The van der Waals surface area contributed by atoms with Gasteiger partial charge < -0.3 is 5.11 Å². The van der Waals surface area contributed by atoms with Gasteiger partial charge in [0, 0.05) is 13.1 Å². The molecule has 1 heterocycles. The van der Waals surface area contributed by atoms with E-state index in [-0.39, 0.29) is 31.6 Å². The van der Waals surface area contributed by atoms with Gasteiger partial charge in [-0.3, -0.25) is 9.52 Å². The Hall–Kier alpha value is -1.67. The number of hydrogen-bond donors (Lipinski definition) is 2. The number of carboxylic acids is 1. The summed E-state index contributed by atoms with van der Waals surface area (Å²) >= 11 is 0. The van der Waals surface area contributed by atoms with Crippen molar-refractivity contribution < 1.29 is 22.7 Å². The fraction of sp³-hybridized carbons (Fsp3) is 0.462. The maximum Gasteiger partial charge on any atom is 0.306 e. The fourth-order valence-corrected chi connectivity index (χ4v) is 3.51. The Morgan fingerprint density at radius 2 is 2.00 bits per heavy atom. The van der Waals surface area contributed by atoms with Gasteiger partial charge in [0.25, 0.3) is 0 Å². The summed E-state index contributed by atoms with van der Waals surface area (Å²) in [5.41, 5.74) is 0.582. The van der Waals surface area contributed by atoms with Gasteiger partial charge in [0.15, 0.2) is 0 Å². The Morgan fingerprint density at radius 3 is 2.52 bits per heavy atom. The van der Waals surface area contributed by atoms with E-state index >= 15 is 0 Å². The first-order valence-corrected chi connectivity index (χ1v) is 8.00. The van der Waals surface area contributed by atoms with Gasteiger partial charge in [0.1, 0.15) is 5.82 Å². The zero-order valence-corrected chi connectivity index (χ0v) is 12.4. The van der Waals surface area contributed by atoms with E-state index in [0.29, 0.717) is 5.56 Å². The molecule has 1 aromatic carbocycles. The average Bonchev–Trinajstić information content (AvgIpc) is 2.42. The maximum absolute atomic E-state index is 13.7. The van der Waals surface area contributed by atoms with Gasteiger partial charge in [-0.05, 0) is 37.5 Å². The van der Waals surface area contributed by atoms with Crippen molar-refractivity contribution in [3.05, 3.63) is 29.6 Å². The molecule has 0 saturated carbocycles. The molecule has 1 saturated heterocycles. The summed E-state index contributed by atoms with van der Waals surface area (Å²) in [4.78, 5) is 10.8. The highest BCUT2D eigenvalue weighted by Gasteiger charge is 2.31. The van der Waals surface area contributed by atoms with Gasteiger partial charge in [-0.1, -0.05) is 6.07 Å². The van der Waals surface area contributed by atoms with Crippen LogP contribution in [0.5, 0.6) is 0 Å². The number of nitrogens with zero attached hydrogens (tertiary/aromatic N) is 1. The third-order valence-electron chi connectivity index (χ3n) is 3.51. The van der Waals surface area contributed by atoms with Crippen molar-refractivity contribution in [3.8, 4) is 0 Å². The first-order chi connectivity index (χ1) is 9.79. The number of hydrogen-bond acceptors (Lipinski definition) is 3. The van der Waals surface area contributed by atoms with Crippen LogP contribution < -0.4 is 4.72 Å². The molecule has 0 amide bonds. The molecule has 0 spiro atoms. The smallest absolute Gasteiger partial charge is 0.306 e. The van der Waals surface area contributed by atoms with Crippen molar-refractivity contribution in [2.24, 2.45) is 5.92 Å². The molecule has 6 nitrogen and oxygen atoms in total. The molecule has 2 rings (SSSR count). The molecule has 0 atom stereocenters. The average molecular weight is 316 g/mol. The molecule has 21 heavy (non-hydrogen) atoms. The summed E-state index contributed by atoms with van der Waals surface area (Å²) in [6.07, 6.45) is 0.513. The third kappa shape index (κ3) is 3.70. The summed E-state index contributed by atoms with van der Waals surface area (Å²) < 4.78 is 41.4. The van der Waals surface area contributed by atoms with Crippen LogP contribution in [0.25, 0.3) is 0 Å². The van der Waals surface area contributed by atoms with E-state index in [2.05, 4.69) is 4.72 Å². The second kappa shape index (κ2) is 5.98. The predicted octanol–water partition coefficient (Wildman–Crippen LogP) is 1.59. The molecule has 8 heteroatoms. The van der Waals surface area contributed by atoms with Gasteiger partial charge in [-0.25, -0.2) is 4.39 Å². The lowest BCUT2D eigenvalue weighted by Crippen LogP contribution is -2.43. The van der Waals surface area contributed by atoms with Gasteiger partial charge in [0.05, 0.1) is 11.6 Å². The quantitative estimate of drug-likeness (QED) is 0.883. The molecular weight excluding hydrogens is 299 g/mol. The number of benzene rings is 1. The van der Waals surface area contributed by atoms with E-state index in [0.717, 1.165) is 4.31 Å². The van der Waals surface area contributed by atoms with Gasteiger partial charge in [-0.15, -0.1) is 0 Å². The number of rotatable bonds is 4. The van der Waals surface area contributed by atoms with Gasteiger partial charge >= 0.3 is 16.2 Å². The van der Waals surface area contributed by atoms with Crippen LogP contribution in [0.1, 0.15) is 18.4 Å². The van der Waals surface area contributed by atoms with Crippen LogP contribution in [0.15, 0.2) is 18.2 Å². The van der Waals surface area contributed by atoms with Gasteiger partial charge in [-0.2, -0.15) is 12.7 Å². The second-order valence-electron chi connectivity index (χ2n) is 5.10. The highest BCUT2D eigenvalue weighted by Crippen LogP contribution is 2.22. The molecule has 0 unspecified atom stereocenters. The fourth-order valence-electron chi connectivity index (χ4n) is 2.25. The Balaban J connectivity index is 2.07. The van der Waals surface area contributed by atoms with Crippen molar-refractivity contribution in [2.45, 2.75) is 19.8 Å². The van der Waals surface area contributed by atoms with Crippen molar-refractivity contribution in [1.29, 1.82) is 0 Å². The largest absolute Gasteiger partial charge is 0.481 e. The number of aryl methyl sites for hydroxylation is 1. The topological polar surface area (TPSA) is 86.7 Å². The molecule has 1 aromatic rings. The van der Waals surface area contributed by atoms with Crippen LogP contribution in [-0.4, -0.2) is 36.9 Å². The Labute approximate surface area is 122 Å². The van der Waals surface area contributed by atoms with Crippen LogP contribution >= 0.6 is 0 Å². The molecule has 0 aliphatic carbocycles. The van der Waals surface area contributed by atoms with Crippen molar-refractivity contribution in [3.63, 3.8) is 0 Å². The van der Waals surface area contributed by atoms with Crippen LogP contribution in [-0.2, 0) is 15.0 Å². The van der Waals surface area contributed by atoms with Crippen molar-refractivity contribution in [2.75, 3.05) is 17.8 Å². The minimum Gasteiger partial charge on any atom is -0.481 e. The summed E-state index contributed by atoms with van der Waals surface area (Å²) in [6, 6.07) is 4.22. The molecule has 2 N–H and O–H groups in total. The summed E-state index contributed by atoms with van der Waals surface area (Å²) in [5.74, 6) is -2.07. The Morgan fingerprint density at radius 1 is 1.38 bits per heavy atom. The Kier molecular flexibility index (Phi) is 4.48. The van der Waals surface area contributed by atoms with E-state index in [9.17, 15) is 17.6 Å². The number of aliphatic carboxylic acids is 1. The second-order valence-corrected chi connectivity index (χ2v) is 6.77. The lowest BCUT2D eigenvalue weighted by atomic mass is 9.99. The number of halogens is 1. The van der Waals surface area contributed by atoms with Crippen molar-refractivity contribution >= 4 is 21.9 Å². The lowest BCUT2D eigenvalue weighted by molar-refractivity contribution is -0.142. The first kappa shape index (κ1) is 15.7. The summed E-state index contributed by atoms with van der Waals surface area (Å²) in [5, 5.41) is 8.89. The summed E-state index contributed by atoms with van der Waals surface area (Å²) in [6.45, 7) is 1.93. The Bertz CT molecular complexity index is 640. The zero-order valence-electron chi connectivity index (χ0n) is 11.5. The van der Waals surface area contributed by atoms with Crippen LogP contribution in [0.3, 0.4) is 0 Å². The van der Waals surface area contributed by atoms with Gasteiger partial charge in [0.2, 0.25) is 0 Å². The minimum atomic E-state index is -3.87. The van der Waals surface area contributed by atoms with Crippen LogP contribution in [0.4, 0.5) is 10.1 Å². The standard InChI is InChI=1S/C13H17FN2O4S/c1-9-2-3-12(11(14)8-9)15-21(19,20)16-6-4-10(5-7-16)13(17)18/h2-3,8,10,15H,4-7H2,1H3,(H,17,18). The normalized spacial score (nSPS) is 17.6. The highest BCUT2D eigenvalue weighted by atomic mass is 32.2. The third-order valence-corrected chi connectivity index (χ3v) is 5.03. The van der Waals surface area contributed by atoms with E-state index < -0.39 is 27.9 Å². The first-order valence-electron chi connectivity index (χ1n) is 6.56. The number of carboxylic acid groups (broad SMARTS) is 1. The minimum absolute atomic E-state index is 0.110. The predicted molar refractivity (Wildman–Crippen MR) is 75.6 cm³/mol. The summed E-state index contributed by atoms with van der Waals surface area (Å²) in [7, 11) is -3.87. The van der Waals surface area contributed by atoms with E-state index in [1.54, 1.807) is 13.0 Å². The highest BCUT2D eigenvalue weighted by molar-refractivity contribution is 7.90.